The fourth-order valence-electron chi connectivity index (χ4n) is 2.14. The second kappa shape index (κ2) is 6.94. The largest absolute Gasteiger partial charge is 0.318 e. The van der Waals surface area contributed by atoms with Crippen LogP contribution in [0.5, 0.6) is 0 Å². The van der Waals surface area contributed by atoms with Crippen molar-refractivity contribution in [3.05, 3.63) is 74.9 Å². The van der Waals surface area contributed by atoms with Crippen LogP contribution in [0.3, 0.4) is 0 Å². The van der Waals surface area contributed by atoms with Gasteiger partial charge in [-0.05, 0) is 30.2 Å². The van der Waals surface area contributed by atoms with Crippen LogP contribution < -0.4 is 4.80 Å². The van der Waals surface area contributed by atoms with Gasteiger partial charge in [0.2, 0.25) is 4.80 Å². The second-order valence-electron chi connectivity index (χ2n) is 5.22. The van der Waals surface area contributed by atoms with Gasteiger partial charge in [0.25, 0.3) is 0 Å². The van der Waals surface area contributed by atoms with E-state index in [4.69, 9.17) is 11.6 Å². The third-order valence-corrected chi connectivity index (χ3v) is 4.65. The van der Waals surface area contributed by atoms with E-state index in [1.54, 1.807) is 17.6 Å². The summed E-state index contributed by atoms with van der Waals surface area (Å²) in [4.78, 5) is 0.846. The highest BCUT2D eigenvalue weighted by molar-refractivity contribution is 7.07. The van der Waals surface area contributed by atoms with Crippen molar-refractivity contribution in [2.45, 2.75) is 6.92 Å². The molecular formula is C18H16ClN3S. The van der Waals surface area contributed by atoms with Gasteiger partial charge in [-0.25, -0.2) is 0 Å². The third kappa shape index (κ3) is 3.78. The Hall–Kier alpha value is -2.17. The molecule has 1 aromatic heterocycles. The van der Waals surface area contributed by atoms with Gasteiger partial charge in [0, 0.05) is 17.5 Å². The first kappa shape index (κ1) is 15.7. The molecule has 3 aromatic rings. The van der Waals surface area contributed by atoms with Gasteiger partial charge in [0.15, 0.2) is 0 Å². The lowest BCUT2D eigenvalue weighted by Gasteiger charge is -2.02. The average Bonchev–Trinajstić information content (AvgIpc) is 2.91. The topological polar surface area (TPSA) is 29.6 Å². The summed E-state index contributed by atoms with van der Waals surface area (Å²) >= 11 is 7.50. The molecule has 0 N–H and O–H groups in total. The summed E-state index contributed by atoms with van der Waals surface area (Å²) in [5, 5.41) is 11.3. The summed E-state index contributed by atoms with van der Waals surface area (Å²) in [6.45, 7) is 2.06. The van der Waals surface area contributed by atoms with E-state index in [9.17, 15) is 0 Å². The molecule has 116 valence electrons. The van der Waals surface area contributed by atoms with E-state index in [0.29, 0.717) is 0 Å². The van der Waals surface area contributed by atoms with Crippen molar-refractivity contribution >= 4 is 29.2 Å². The van der Waals surface area contributed by atoms with Gasteiger partial charge < -0.3 is 4.57 Å². The van der Waals surface area contributed by atoms with Crippen molar-refractivity contribution in [3.8, 4) is 11.3 Å². The number of rotatable bonds is 3. The minimum absolute atomic E-state index is 0.735. The lowest BCUT2D eigenvalue weighted by molar-refractivity contribution is 0.864. The SMILES string of the molecule is Cc1ccc(C=NN=c2scc(-c3ccc(Cl)cc3)n2C)cc1. The number of aryl methyl sites for hydroxylation is 1. The summed E-state index contributed by atoms with van der Waals surface area (Å²) < 4.78 is 2.03. The molecule has 23 heavy (non-hydrogen) atoms. The minimum Gasteiger partial charge on any atom is -0.318 e. The van der Waals surface area contributed by atoms with Gasteiger partial charge in [-0.1, -0.05) is 53.6 Å². The van der Waals surface area contributed by atoms with Crippen LogP contribution in [0, 0.1) is 6.92 Å². The van der Waals surface area contributed by atoms with Gasteiger partial charge in [-0.15, -0.1) is 16.4 Å². The standard InChI is InChI=1S/C18H16ClN3S/c1-13-3-5-14(6-4-13)11-20-21-18-22(2)17(12-23-18)15-7-9-16(19)10-8-15/h3-12H,1-2H3. The smallest absolute Gasteiger partial charge is 0.210 e. The number of hydrogen-bond acceptors (Lipinski definition) is 3. The molecule has 0 unspecified atom stereocenters. The van der Waals surface area contributed by atoms with E-state index < -0.39 is 0 Å². The minimum atomic E-state index is 0.735. The maximum atomic E-state index is 5.94. The van der Waals surface area contributed by atoms with Gasteiger partial charge in [-0.3, -0.25) is 0 Å². The summed E-state index contributed by atoms with van der Waals surface area (Å²) in [5.74, 6) is 0. The Morgan fingerprint density at radius 2 is 1.74 bits per heavy atom. The molecule has 0 bridgehead atoms. The molecule has 0 spiro atoms. The Morgan fingerprint density at radius 3 is 2.43 bits per heavy atom. The monoisotopic (exact) mass is 341 g/mol. The summed E-state index contributed by atoms with van der Waals surface area (Å²) in [6.07, 6.45) is 1.77. The maximum absolute atomic E-state index is 5.94. The number of aromatic nitrogens is 1. The number of hydrogen-bond donors (Lipinski definition) is 0. The van der Waals surface area contributed by atoms with Crippen molar-refractivity contribution in [1.82, 2.24) is 4.57 Å². The van der Waals surface area contributed by atoms with E-state index in [1.165, 1.54) is 5.56 Å². The summed E-state index contributed by atoms with van der Waals surface area (Å²) in [6, 6.07) is 16.0. The number of halogens is 1. The molecule has 0 atom stereocenters. The molecule has 0 amide bonds. The van der Waals surface area contributed by atoms with E-state index in [0.717, 1.165) is 26.6 Å². The molecule has 1 heterocycles. The van der Waals surface area contributed by atoms with Gasteiger partial charge in [0.05, 0.1) is 11.9 Å². The fourth-order valence-corrected chi connectivity index (χ4v) is 3.13. The zero-order valence-electron chi connectivity index (χ0n) is 12.9. The highest BCUT2D eigenvalue weighted by Crippen LogP contribution is 2.21. The molecule has 0 fully saturated rings. The van der Waals surface area contributed by atoms with Crippen LogP contribution in [-0.4, -0.2) is 10.8 Å². The number of nitrogens with zero attached hydrogens (tertiary/aromatic N) is 3. The average molecular weight is 342 g/mol. The molecule has 0 aliphatic heterocycles. The Balaban J connectivity index is 1.86. The van der Waals surface area contributed by atoms with E-state index in [1.807, 2.05) is 48.0 Å². The Labute approximate surface area is 144 Å². The molecule has 0 aliphatic rings. The Kier molecular flexibility index (Phi) is 4.74. The molecule has 2 aromatic carbocycles. The molecule has 0 saturated carbocycles. The quantitative estimate of drug-likeness (QED) is 0.490. The van der Waals surface area contributed by atoms with Crippen molar-refractivity contribution in [1.29, 1.82) is 0 Å². The van der Waals surface area contributed by atoms with Crippen molar-refractivity contribution in [2.75, 3.05) is 0 Å². The molecule has 0 saturated heterocycles. The zero-order chi connectivity index (χ0) is 16.2. The first-order valence-corrected chi connectivity index (χ1v) is 8.43. The lowest BCUT2D eigenvalue weighted by atomic mass is 10.2. The summed E-state index contributed by atoms with van der Waals surface area (Å²) in [5.41, 5.74) is 4.47. The first-order valence-electron chi connectivity index (χ1n) is 7.18. The normalized spacial score (nSPS) is 12.2. The molecule has 0 radical (unpaired) electrons. The maximum Gasteiger partial charge on any atom is 0.210 e. The molecule has 5 heteroatoms. The third-order valence-electron chi connectivity index (χ3n) is 3.49. The van der Waals surface area contributed by atoms with Crippen LogP contribution in [0.15, 0.2) is 64.1 Å². The van der Waals surface area contributed by atoms with Crippen LogP contribution in [-0.2, 0) is 7.05 Å². The lowest BCUT2D eigenvalue weighted by Crippen LogP contribution is -2.10. The highest BCUT2D eigenvalue weighted by atomic mass is 35.5. The van der Waals surface area contributed by atoms with Crippen LogP contribution in [0.4, 0.5) is 0 Å². The number of benzene rings is 2. The second-order valence-corrected chi connectivity index (χ2v) is 6.50. The molecule has 0 aliphatic carbocycles. The van der Waals surface area contributed by atoms with Crippen LogP contribution in [0.2, 0.25) is 5.02 Å². The van der Waals surface area contributed by atoms with Gasteiger partial charge in [-0.2, -0.15) is 5.10 Å². The zero-order valence-corrected chi connectivity index (χ0v) is 14.5. The van der Waals surface area contributed by atoms with Crippen molar-refractivity contribution < 1.29 is 0 Å². The van der Waals surface area contributed by atoms with E-state index in [-0.39, 0.29) is 0 Å². The molecular weight excluding hydrogens is 326 g/mol. The van der Waals surface area contributed by atoms with E-state index in [2.05, 4.69) is 34.6 Å². The number of thiazole rings is 1. The van der Waals surface area contributed by atoms with Crippen molar-refractivity contribution in [3.63, 3.8) is 0 Å². The Morgan fingerprint density at radius 1 is 1.04 bits per heavy atom. The predicted molar refractivity (Wildman–Crippen MR) is 98.1 cm³/mol. The van der Waals surface area contributed by atoms with Crippen LogP contribution in [0.1, 0.15) is 11.1 Å². The molecule has 3 rings (SSSR count). The van der Waals surface area contributed by atoms with Crippen LogP contribution in [0.25, 0.3) is 11.3 Å². The van der Waals surface area contributed by atoms with Crippen LogP contribution >= 0.6 is 22.9 Å². The van der Waals surface area contributed by atoms with E-state index >= 15 is 0 Å². The Bertz CT molecular complexity index is 887. The van der Waals surface area contributed by atoms with Crippen molar-refractivity contribution in [2.24, 2.45) is 17.3 Å². The van der Waals surface area contributed by atoms with Gasteiger partial charge in [0.1, 0.15) is 0 Å². The predicted octanol–water partition coefficient (Wildman–Crippen LogP) is 4.65. The summed E-state index contributed by atoms with van der Waals surface area (Å²) in [7, 11) is 1.99. The van der Waals surface area contributed by atoms with Gasteiger partial charge >= 0.3 is 0 Å². The molecule has 3 nitrogen and oxygen atoms in total. The fraction of sp³-hybridized carbons (Fsp3) is 0.111. The highest BCUT2D eigenvalue weighted by Gasteiger charge is 2.04. The first-order chi connectivity index (χ1) is 11.1.